The first kappa shape index (κ1) is 78.7. The lowest BCUT2D eigenvalue weighted by molar-refractivity contribution is -0.302. The van der Waals surface area contributed by atoms with Gasteiger partial charge in [-0.25, -0.2) is 0 Å². The van der Waals surface area contributed by atoms with Crippen LogP contribution >= 0.6 is 0 Å². The summed E-state index contributed by atoms with van der Waals surface area (Å²) >= 11 is 0. The maximum absolute atomic E-state index is 13.1. The van der Waals surface area contributed by atoms with E-state index in [-0.39, 0.29) is 12.5 Å². The molecule has 0 spiro atoms. The molecular weight excluding hydrogens is 1020 g/mol. The number of amides is 1. The Kier molecular flexibility index (Phi) is 60.2. The van der Waals surface area contributed by atoms with Crippen LogP contribution in [-0.4, -0.2) is 87.5 Å². The molecule has 0 saturated carbocycles. The van der Waals surface area contributed by atoms with E-state index in [0.717, 1.165) is 44.9 Å². The Morgan fingerprint density at radius 3 is 1.05 bits per heavy atom. The quantitative estimate of drug-likeness (QED) is 0.0261. The lowest BCUT2D eigenvalue weighted by Gasteiger charge is -2.40. The van der Waals surface area contributed by atoms with Crippen molar-refractivity contribution < 1.29 is 39.8 Å². The molecule has 9 heteroatoms. The highest BCUT2D eigenvalue weighted by atomic mass is 16.7. The molecule has 7 unspecified atom stereocenters. The number of carbonyl (C=O) groups excluding carboxylic acids is 1. The van der Waals surface area contributed by atoms with Gasteiger partial charge in [-0.15, -0.1) is 0 Å². The van der Waals surface area contributed by atoms with Crippen LogP contribution in [0.4, 0.5) is 0 Å². The Labute approximate surface area is 509 Å². The number of hydrogen-bond donors (Lipinski definition) is 6. The molecule has 486 valence electrons. The summed E-state index contributed by atoms with van der Waals surface area (Å²) in [6.07, 6.45) is 75.5. The highest BCUT2D eigenvalue weighted by Crippen LogP contribution is 2.24. The average molecular weight is 1160 g/mol. The van der Waals surface area contributed by atoms with Gasteiger partial charge in [-0.05, 0) is 44.9 Å². The number of aliphatic hydroxyl groups is 5. The van der Waals surface area contributed by atoms with Gasteiger partial charge in [0.1, 0.15) is 24.4 Å². The minimum absolute atomic E-state index is 0.133. The van der Waals surface area contributed by atoms with Gasteiger partial charge >= 0.3 is 0 Å². The van der Waals surface area contributed by atoms with Crippen LogP contribution < -0.4 is 5.32 Å². The van der Waals surface area contributed by atoms with E-state index < -0.39 is 49.5 Å². The molecule has 0 aromatic heterocycles. The van der Waals surface area contributed by atoms with Gasteiger partial charge in [-0.1, -0.05) is 353 Å². The van der Waals surface area contributed by atoms with Crippen LogP contribution in [0, 0.1) is 0 Å². The Morgan fingerprint density at radius 2 is 0.720 bits per heavy atom. The fraction of sp³-hybridized carbons (Fsp3) is 0.932. The summed E-state index contributed by atoms with van der Waals surface area (Å²) in [6.45, 7) is 3.90. The van der Waals surface area contributed by atoms with Crippen LogP contribution in [0.25, 0.3) is 0 Å². The van der Waals surface area contributed by atoms with Gasteiger partial charge in [0.05, 0.1) is 25.4 Å². The summed E-state index contributed by atoms with van der Waals surface area (Å²) < 4.78 is 11.4. The van der Waals surface area contributed by atoms with E-state index in [1.807, 2.05) is 0 Å². The standard InChI is InChI=1S/C73H141NO8/c1-3-5-7-9-11-13-15-17-19-21-23-25-26-27-28-29-30-31-32-33-34-35-36-37-38-39-40-41-42-43-45-47-49-51-53-55-57-59-61-63-69(77)74-66(65-81-73-72(80)71(79)70(78)68(64-75)82-73)67(76)62-60-58-56-54-52-50-48-46-44-24-22-20-18-16-14-12-10-8-6-4-2/h30-31,33-34,66-68,70-73,75-76,78-80H,3-29,32,35-65H2,1-2H3,(H,74,77)/b31-30-,34-33-. The third kappa shape index (κ3) is 50.8. The van der Waals surface area contributed by atoms with Crippen molar-refractivity contribution in [3.8, 4) is 0 Å². The molecule has 1 aliphatic heterocycles. The van der Waals surface area contributed by atoms with Crippen molar-refractivity contribution in [3.63, 3.8) is 0 Å². The second-order valence-electron chi connectivity index (χ2n) is 25.7. The smallest absolute Gasteiger partial charge is 0.220 e. The summed E-state index contributed by atoms with van der Waals surface area (Å²) in [5.74, 6) is -0.137. The third-order valence-electron chi connectivity index (χ3n) is 17.8. The molecule has 6 N–H and O–H groups in total. The summed E-state index contributed by atoms with van der Waals surface area (Å²) in [5, 5.41) is 54.9. The molecule has 9 nitrogen and oxygen atoms in total. The van der Waals surface area contributed by atoms with Gasteiger partial charge in [0.2, 0.25) is 5.91 Å². The second kappa shape index (κ2) is 62.7. The Bertz CT molecular complexity index is 1340. The fourth-order valence-electron chi connectivity index (χ4n) is 12.1. The van der Waals surface area contributed by atoms with Gasteiger partial charge in [-0.3, -0.25) is 4.79 Å². The summed E-state index contributed by atoms with van der Waals surface area (Å²) in [7, 11) is 0. The van der Waals surface area contributed by atoms with E-state index in [0.29, 0.717) is 12.8 Å². The lowest BCUT2D eigenvalue weighted by Crippen LogP contribution is -2.60. The molecule has 0 bridgehead atoms. The molecule has 0 radical (unpaired) electrons. The number of aliphatic hydroxyl groups excluding tert-OH is 5. The molecule has 1 fully saturated rings. The average Bonchev–Trinajstić information content (AvgIpc) is 3.52. The predicted molar refractivity (Wildman–Crippen MR) is 350 cm³/mol. The maximum atomic E-state index is 13.1. The number of rotatable bonds is 65. The van der Waals surface area contributed by atoms with E-state index in [1.165, 1.54) is 308 Å². The Hall–Kier alpha value is -1.33. The molecule has 0 aromatic carbocycles. The zero-order chi connectivity index (χ0) is 59.3. The van der Waals surface area contributed by atoms with Crippen molar-refractivity contribution in [1.29, 1.82) is 0 Å². The zero-order valence-electron chi connectivity index (χ0n) is 54.5. The third-order valence-corrected chi connectivity index (χ3v) is 17.8. The molecule has 1 saturated heterocycles. The van der Waals surface area contributed by atoms with Crippen molar-refractivity contribution in [3.05, 3.63) is 24.3 Å². The number of hydrogen-bond acceptors (Lipinski definition) is 8. The normalized spacial score (nSPS) is 18.4. The number of allylic oxidation sites excluding steroid dienone is 4. The zero-order valence-corrected chi connectivity index (χ0v) is 54.5. The number of ether oxygens (including phenoxy) is 2. The monoisotopic (exact) mass is 1160 g/mol. The highest BCUT2D eigenvalue weighted by molar-refractivity contribution is 5.76. The Morgan fingerprint density at radius 1 is 0.415 bits per heavy atom. The molecule has 1 rings (SSSR count). The number of unbranched alkanes of at least 4 members (excludes halogenated alkanes) is 51. The molecule has 1 aliphatic rings. The Balaban J connectivity index is 2.05. The van der Waals surface area contributed by atoms with Crippen LogP contribution in [0.3, 0.4) is 0 Å². The van der Waals surface area contributed by atoms with Crippen molar-refractivity contribution >= 4 is 5.91 Å². The maximum Gasteiger partial charge on any atom is 0.220 e. The van der Waals surface area contributed by atoms with E-state index >= 15 is 0 Å². The number of carbonyl (C=O) groups is 1. The van der Waals surface area contributed by atoms with Crippen molar-refractivity contribution in [2.24, 2.45) is 0 Å². The molecule has 82 heavy (non-hydrogen) atoms. The van der Waals surface area contributed by atoms with E-state index in [1.54, 1.807) is 0 Å². The summed E-state index contributed by atoms with van der Waals surface area (Å²) in [5.41, 5.74) is 0. The topological polar surface area (TPSA) is 149 Å². The minimum Gasteiger partial charge on any atom is -0.394 e. The highest BCUT2D eigenvalue weighted by Gasteiger charge is 2.44. The largest absolute Gasteiger partial charge is 0.394 e. The molecule has 7 atom stereocenters. The van der Waals surface area contributed by atoms with Gasteiger partial charge in [-0.2, -0.15) is 0 Å². The first-order chi connectivity index (χ1) is 40.3. The van der Waals surface area contributed by atoms with E-state index in [2.05, 4.69) is 43.5 Å². The first-order valence-electron chi connectivity index (χ1n) is 36.5. The van der Waals surface area contributed by atoms with Crippen LogP contribution in [0.1, 0.15) is 380 Å². The molecule has 0 aliphatic carbocycles. The van der Waals surface area contributed by atoms with Crippen LogP contribution in [0.5, 0.6) is 0 Å². The molecule has 1 amide bonds. The van der Waals surface area contributed by atoms with Crippen LogP contribution in [0.2, 0.25) is 0 Å². The van der Waals surface area contributed by atoms with E-state index in [4.69, 9.17) is 9.47 Å². The molecule has 1 heterocycles. The van der Waals surface area contributed by atoms with Gasteiger partial charge in [0.15, 0.2) is 6.29 Å². The van der Waals surface area contributed by atoms with Gasteiger partial charge in [0.25, 0.3) is 0 Å². The predicted octanol–water partition coefficient (Wildman–Crippen LogP) is 20.0. The minimum atomic E-state index is -1.55. The van der Waals surface area contributed by atoms with Crippen molar-refractivity contribution in [2.75, 3.05) is 13.2 Å². The molecule has 0 aromatic rings. The first-order valence-corrected chi connectivity index (χ1v) is 36.5. The number of nitrogens with one attached hydrogen (secondary N) is 1. The summed E-state index contributed by atoms with van der Waals surface area (Å²) in [6, 6.07) is -0.718. The molecular formula is C73H141NO8. The van der Waals surface area contributed by atoms with Gasteiger partial charge in [0, 0.05) is 6.42 Å². The van der Waals surface area contributed by atoms with E-state index in [9.17, 15) is 30.3 Å². The summed E-state index contributed by atoms with van der Waals surface area (Å²) in [4.78, 5) is 13.1. The fourth-order valence-corrected chi connectivity index (χ4v) is 12.1. The van der Waals surface area contributed by atoms with Crippen molar-refractivity contribution in [1.82, 2.24) is 5.32 Å². The second-order valence-corrected chi connectivity index (χ2v) is 25.7. The SMILES string of the molecule is CCCCCCCCCCCCCCCCC/C=C\C/C=C\CCCCCCCCCCCCCCCCCCCC(=O)NC(COC1OC(CO)C(O)C(O)C1O)C(O)CCCCCCCCCCCCCCCCCCCCCC. The lowest BCUT2D eigenvalue weighted by atomic mass is 9.99. The van der Waals surface area contributed by atoms with Crippen LogP contribution in [-0.2, 0) is 14.3 Å². The van der Waals surface area contributed by atoms with Crippen molar-refractivity contribution in [2.45, 2.75) is 423 Å². The van der Waals surface area contributed by atoms with Gasteiger partial charge < -0.3 is 40.3 Å². The van der Waals surface area contributed by atoms with Crippen LogP contribution in [0.15, 0.2) is 24.3 Å².